The molecule has 1 aliphatic rings. The first-order valence-electron chi connectivity index (χ1n) is 47.3. The lowest BCUT2D eigenvalue weighted by Gasteiger charge is -2.32. The van der Waals surface area contributed by atoms with Crippen molar-refractivity contribution in [3.63, 3.8) is 0 Å². The summed E-state index contributed by atoms with van der Waals surface area (Å²) in [4.78, 5) is 221. The molecule has 1 fully saturated rings. The Kier molecular flexibility index (Phi) is 51.8. The molecule has 2 heterocycles. The number of benzene rings is 2. The maximum atomic E-state index is 15.2. The molecule has 39 heteroatoms. The van der Waals surface area contributed by atoms with Gasteiger partial charge in [-0.15, -0.1) is 0 Å². The van der Waals surface area contributed by atoms with Crippen LogP contribution < -0.4 is 109 Å². The van der Waals surface area contributed by atoms with Crippen molar-refractivity contribution in [2.75, 3.05) is 45.8 Å². The number of H-pyrrole nitrogens is 1. The molecule has 740 valence electrons. The summed E-state index contributed by atoms with van der Waals surface area (Å²) >= 11 is 0. The van der Waals surface area contributed by atoms with Crippen molar-refractivity contribution >= 4 is 106 Å². The van der Waals surface area contributed by atoms with Crippen LogP contribution in [-0.4, -0.2) is 240 Å². The number of carbonyl (C=O) groups excluding carboxylic acids is 14. The molecular formula is C93H157N23O16. The highest BCUT2D eigenvalue weighted by Gasteiger charge is 2.43. The van der Waals surface area contributed by atoms with E-state index >= 15 is 28.8 Å². The number of nitrogens with one attached hydrogen (secondary N) is 16. The Morgan fingerprint density at radius 2 is 0.818 bits per heavy atom. The summed E-state index contributed by atoms with van der Waals surface area (Å²) in [6.45, 7) is 22.6. The third kappa shape index (κ3) is 41.1. The lowest BCUT2D eigenvalue weighted by molar-refractivity contribution is -0.143. The molecule has 1 aliphatic heterocycles. The summed E-state index contributed by atoms with van der Waals surface area (Å²) in [5.41, 5.74) is 37.1. The van der Waals surface area contributed by atoms with E-state index in [1.807, 2.05) is 80.5 Å². The molecule has 0 radical (unpaired) electrons. The van der Waals surface area contributed by atoms with Crippen LogP contribution in [0.25, 0.3) is 10.9 Å². The zero-order valence-electron chi connectivity index (χ0n) is 79.7. The molecule has 0 unspecified atom stereocenters. The average Bonchev–Trinajstić information content (AvgIpc) is 1.68. The number of rotatable bonds is 64. The van der Waals surface area contributed by atoms with Gasteiger partial charge in [0, 0.05) is 43.0 Å². The third-order valence-corrected chi connectivity index (χ3v) is 23.0. The largest absolute Gasteiger partial charge is 0.480 e. The highest BCUT2D eigenvalue weighted by molar-refractivity contribution is 6.01. The second-order valence-electron chi connectivity index (χ2n) is 37.0. The molecule has 3 aromatic rings. The van der Waals surface area contributed by atoms with E-state index in [-0.39, 0.29) is 158 Å². The molecule has 14 amide bonds. The first kappa shape index (κ1) is 113. The van der Waals surface area contributed by atoms with Crippen molar-refractivity contribution in [1.29, 1.82) is 5.41 Å². The summed E-state index contributed by atoms with van der Waals surface area (Å²) in [6.07, 6.45) is 6.59. The van der Waals surface area contributed by atoms with Gasteiger partial charge < -0.3 is 124 Å². The Morgan fingerprint density at radius 3 is 1.27 bits per heavy atom. The Labute approximate surface area is 778 Å². The van der Waals surface area contributed by atoms with Crippen molar-refractivity contribution in [2.45, 2.75) is 322 Å². The van der Waals surface area contributed by atoms with Crippen LogP contribution in [0.2, 0.25) is 0 Å². The number of likely N-dealkylation sites (tertiary alicyclic amines) is 1. The van der Waals surface area contributed by atoms with Gasteiger partial charge in [-0.3, -0.25) is 72.5 Å². The summed E-state index contributed by atoms with van der Waals surface area (Å²) in [6, 6.07) is -1.65. The number of guanidine groups is 1. The number of aliphatic carboxylic acids is 1. The van der Waals surface area contributed by atoms with Crippen molar-refractivity contribution in [1.82, 2.24) is 84.3 Å². The summed E-state index contributed by atoms with van der Waals surface area (Å²) in [5.74, 6) is -13.2. The van der Waals surface area contributed by atoms with Crippen LogP contribution >= 0.6 is 0 Å². The van der Waals surface area contributed by atoms with Gasteiger partial charge in [-0.25, -0.2) is 4.79 Å². The van der Waals surface area contributed by atoms with Gasteiger partial charge in [-0.1, -0.05) is 138 Å². The molecule has 39 nitrogen and oxygen atoms in total. The highest BCUT2D eigenvalue weighted by Crippen LogP contribution is 2.25. The molecule has 0 spiro atoms. The van der Waals surface area contributed by atoms with Crippen LogP contribution in [0, 0.1) is 40.9 Å². The predicted octanol–water partition coefficient (Wildman–Crippen LogP) is 1.35. The number of aromatic amines is 1. The van der Waals surface area contributed by atoms with Crippen LogP contribution in [0.4, 0.5) is 0 Å². The zero-order chi connectivity index (χ0) is 98.3. The number of hydrogen-bond donors (Lipinski definition) is 23. The number of aromatic nitrogens is 1. The van der Waals surface area contributed by atoms with Gasteiger partial charge in [0.15, 0.2) is 5.96 Å². The predicted molar refractivity (Wildman–Crippen MR) is 506 cm³/mol. The first-order chi connectivity index (χ1) is 62.6. The number of carbonyl (C=O) groups is 15. The molecule has 1 saturated heterocycles. The Bertz CT molecular complexity index is 4170. The van der Waals surface area contributed by atoms with Gasteiger partial charge in [0.05, 0.1) is 12.6 Å². The minimum atomic E-state index is -1.43. The highest BCUT2D eigenvalue weighted by atomic mass is 16.4. The normalized spacial score (nSPS) is 15.8. The van der Waals surface area contributed by atoms with Crippen LogP contribution in [0.15, 0.2) is 60.8 Å². The van der Waals surface area contributed by atoms with Crippen molar-refractivity contribution in [3.05, 3.63) is 71.9 Å². The van der Waals surface area contributed by atoms with E-state index in [2.05, 4.69) is 79.4 Å². The maximum absolute atomic E-state index is 15.2. The van der Waals surface area contributed by atoms with Gasteiger partial charge >= 0.3 is 5.97 Å². The topological polar surface area (TPSA) is 644 Å². The Hall–Kier alpha value is -10.9. The number of hydrogen-bond acceptors (Lipinski definition) is 21. The molecule has 0 saturated carbocycles. The lowest BCUT2D eigenvalue weighted by atomic mass is 9.97. The number of carboxylic acid groups (broad SMARTS) is 1. The van der Waals surface area contributed by atoms with Gasteiger partial charge in [0.1, 0.15) is 78.5 Å². The van der Waals surface area contributed by atoms with Gasteiger partial charge in [-0.05, 0) is 214 Å². The monoisotopic (exact) mass is 1850 g/mol. The van der Waals surface area contributed by atoms with Crippen LogP contribution in [-0.2, 0) is 84.8 Å². The standard InChI is InChI=1S/C93H157N23O16/c1-13-59(12)78(115-79(118)63(98)45-54(2)3)90(129)103-53-77(117)104-65(33-19-23-39-94)80(119)112-73(50-60-29-15-14-16-30-60)87(126)114-75(49-58(10)11)91(130)116-44-28-38-76(116)89(128)107-68(37-27-43-101-93(99)100)83(122)109-72(48-57(8)9)86(125)110-70(46-55(4)5)84(123)106-67(35-21-25-41-96)82(121)113-74(51-61-52-102-64-32-18-17-31-62(61)64)88(127)111-71(47-56(6)7)85(124)105-66(34-20-24-40-95)81(120)108-69(92(131)132)36-22-26-42-97/h14-18,29-32,52,54-59,63,65-76,78,102H,13,19-28,33-51,53,94-98H2,1-12H3,(H,103,129)(H,104,117)(H,105,124)(H,106,123)(H,107,128)(H,108,120)(H,109,122)(H,110,125)(H,111,127)(H,112,119)(H,113,121)(H,114,126)(H,115,118)(H,131,132)(H4,99,100,101)/t59-,63-,65-,66-,67-,68-,69-,70-,71-,72-,73-,74-,75-,76-,78-/m0/s1. The SMILES string of the molecule is CC[C@H](C)[C@H](NC(=O)[C@@H](N)CC(C)C)C(=O)NCC(=O)N[C@@H](CCCCN)C(=O)N[C@@H](Cc1ccccc1)C(=O)N[C@@H](CC(C)C)C(=O)N1CCC[C@H]1C(=O)N[C@@H](CCCNC(=N)N)C(=O)N[C@@H](CC(C)C)C(=O)N[C@@H](CC(C)C)C(=O)N[C@@H](CCCCN)C(=O)N[C@@H](Cc1c[nH]c2ccccc12)C(=O)N[C@@H](CC(C)C)C(=O)N[C@@H](CCCCN)C(=O)N[C@@H](CCCCN)C(=O)O. The van der Waals surface area contributed by atoms with E-state index in [1.165, 1.54) is 4.90 Å². The fourth-order valence-electron chi connectivity index (χ4n) is 15.7. The van der Waals surface area contributed by atoms with E-state index in [0.717, 1.165) is 10.9 Å². The fraction of sp³-hybridized carbons (Fsp3) is 0.677. The molecule has 4 rings (SSSR count). The van der Waals surface area contributed by atoms with E-state index in [4.69, 9.17) is 39.8 Å². The molecular weight excluding hydrogens is 1700 g/mol. The number of carboxylic acids is 1. The summed E-state index contributed by atoms with van der Waals surface area (Å²) in [7, 11) is 0. The molecule has 132 heavy (non-hydrogen) atoms. The summed E-state index contributed by atoms with van der Waals surface area (Å²) < 4.78 is 0. The molecule has 29 N–H and O–H groups in total. The van der Waals surface area contributed by atoms with Crippen LogP contribution in [0.1, 0.15) is 235 Å². The first-order valence-corrected chi connectivity index (χ1v) is 47.3. The molecule has 15 atom stereocenters. The fourth-order valence-corrected chi connectivity index (χ4v) is 15.7. The van der Waals surface area contributed by atoms with Crippen LogP contribution in [0.5, 0.6) is 0 Å². The lowest BCUT2D eigenvalue weighted by Crippen LogP contribution is -2.61. The average molecular weight is 1850 g/mol. The third-order valence-electron chi connectivity index (χ3n) is 23.0. The van der Waals surface area contributed by atoms with Gasteiger partial charge in [0.2, 0.25) is 82.7 Å². The number of nitrogens with zero attached hydrogens (tertiary/aromatic N) is 1. The Balaban J connectivity index is 1.65. The molecule has 1 aromatic heterocycles. The second kappa shape index (κ2) is 60.3. The minimum Gasteiger partial charge on any atom is -0.480 e. The molecule has 0 bridgehead atoms. The number of nitrogens with two attached hydrogens (primary N) is 6. The molecule has 2 aromatic carbocycles. The van der Waals surface area contributed by atoms with Gasteiger partial charge in [-0.2, -0.15) is 0 Å². The van der Waals surface area contributed by atoms with Gasteiger partial charge in [0.25, 0.3) is 0 Å². The van der Waals surface area contributed by atoms with Crippen molar-refractivity contribution in [2.24, 2.45) is 69.9 Å². The number of unbranched alkanes of at least 4 members (excludes halogenated alkanes) is 4. The summed E-state index contributed by atoms with van der Waals surface area (Å²) in [5, 5.41) is 57.4. The van der Waals surface area contributed by atoms with E-state index in [0.29, 0.717) is 88.3 Å². The number of fused-ring (bicyclic) bond motifs is 1. The number of amides is 14. The quantitative estimate of drug-likeness (QED) is 0.0215. The number of para-hydroxylation sites is 1. The minimum absolute atomic E-state index is 0.00371. The molecule has 0 aliphatic carbocycles. The van der Waals surface area contributed by atoms with E-state index in [1.54, 1.807) is 63.4 Å². The van der Waals surface area contributed by atoms with E-state index < -0.39 is 180 Å². The van der Waals surface area contributed by atoms with Crippen LogP contribution in [0.3, 0.4) is 0 Å². The zero-order valence-corrected chi connectivity index (χ0v) is 79.7. The smallest absolute Gasteiger partial charge is 0.326 e. The Morgan fingerprint density at radius 1 is 0.432 bits per heavy atom. The van der Waals surface area contributed by atoms with E-state index in [9.17, 15) is 48.3 Å². The van der Waals surface area contributed by atoms with Crippen molar-refractivity contribution in [3.8, 4) is 0 Å². The van der Waals surface area contributed by atoms with Crippen molar-refractivity contribution < 1.29 is 77.0 Å². The second-order valence-corrected chi connectivity index (χ2v) is 37.0. The maximum Gasteiger partial charge on any atom is 0.326 e.